The Hall–Kier alpha value is 0.160. The first-order chi connectivity index (χ1) is 8.45. The number of hydrogen-bond acceptors (Lipinski definition) is 4. The van der Waals surface area contributed by atoms with Gasteiger partial charge in [-0.3, -0.25) is 9.05 Å². The van der Waals surface area contributed by atoms with Gasteiger partial charge in [-0.1, -0.05) is 27.5 Å². The summed E-state index contributed by atoms with van der Waals surface area (Å²) in [5, 5.41) is 0. The van der Waals surface area contributed by atoms with Crippen LogP contribution in [0.5, 0.6) is 0 Å². The average Bonchev–Trinajstić information content (AvgIpc) is 2.36. The average molecular weight is 420 g/mol. The second kappa shape index (κ2) is 7.08. The molecule has 4 nitrogen and oxygen atoms in total. The van der Waals surface area contributed by atoms with Gasteiger partial charge in [-0.25, -0.2) is 4.57 Å². The second-order valence-electron chi connectivity index (χ2n) is 3.00. The Balaban J connectivity index is 3.09. The quantitative estimate of drug-likeness (QED) is 0.487. The van der Waals surface area contributed by atoms with Crippen molar-refractivity contribution in [3.05, 3.63) is 38.2 Å². The van der Waals surface area contributed by atoms with Gasteiger partial charge in [-0.2, -0.15) is 0 Å². The highest BCUT2D eigenvalue weighted by atomic mass is 79.9. The third-order valence-electron chi connectivity index (χ3n) is 1.95. The summed E-state index contributed by atoms with van der Waals surface area (Å²) in [6, 6.07) is 5.36. The van der Waals surface area contributed by atoms with Gasteiger partial charge in [-0.15, -0.1) is 0 Å². The molecule has 0 fully saturated rings. The Labute approximate surface area is 127 Å². The molecule has 0 aliphatic heterocycles. The first-order valence-electron chi connectivity index (χ1n) is 4.62. The van der Waals surface area contributed by atoms with E-state index in [1.807, 2.05) is 6.07 Å². The Morgan fingerprint density at radius 2 is 1.94 bits per heavy atom. The maximum Gasteiger partial charge on any atom is 0.529 e. The minimum absolute atomic E-state index is 0.183. The van der Waals surface area contributed by atoms with Crippen LogP contribution in [0.4, 0.5) is 0 Å². The highest BCUT2D eigenvalue weighted by Gasteiger charge is 2.27. The Bertz CT molecular complexity index is 499. The van der Waals surface area contributed by atoms with E-state index in [4.69, 9.17) is 25.2 Å². The topological polar surface area (TPSA) is 44.8 Å². The minimum Gasteiger partial charge on any atom is -0.402 e. The molecule has 1 aromatic rings. The predicted octanol–water partition coefficient (Wildman–Crippen LogP) is 5.17. The fourth-order valence-corrected chi connectivity index (χ4v) is 3.24. The van der Waals surface area contributed by atoms with Crippen molar-refractivity contribution in [3.8, 4) is 0 Å². The minimum atomic E-state index is -3.64. The lowest BCUT2D eigenvalue weighted by Crippen LogP contribution is -1.96. The van der Waals surface area contributed by atoms with E-state index >= 15 is 0 Å². The zero-order chi connectivity index (χ0) is 13.8. The molecule has 0 unspecified atom stereocenters. The predicted molar refractivity (Wildman–Crippen MR) is 78.4 cm³/mol. The smallest absolute Gasteiger partial charge is 0.402 e. The molecule has 0 aromatic heterocycles. The van der Waals surface area contributed by atoms with E-state index in [2.05, 4.69) is 31.9 Å². The van der Waals surface area contributed by atoms with E-state index < -0.39 is 7.82 Å². The van der Waals surface area contributed by atoms with Crippen molar-refractivity contribution in [2.24, 2.45) is 0 Å². The normalized spacial score (nSPS) is 12.6. The summed E-state index contributed by atoms with van der Waals surface area (Å²) in [5.74, 6) is 0.183. The van der Waals surface area contributed by atoms with Crippen LogP contribution < -0.4 is 0 Å². The summed E-state index contributed by atoms with van der Waals surface area (Å²) in [5.41, 5.74) is 1.79. The monoisotopic (exact) mass is 418 g/mol. The van der Waals surface area contributed by atoms with Crippen molar-refractivity contribution in [2.45, 2.75) is 0 Å². The van der Waals surface area contributed by atoms with E-state index in [9.17, 15) is 4.57 Å². The van der Waals surface area contributed by atoms with Crippen molar-refractivity contribution in [2.75, 3.05) is 14.2 Å². The molecule has 1 aromatic carbocycles. The lowest BCUT2D eigenvalue weighted by atomic mass is 10.2. The van der Waals surface area contributed by atoms with Crippen molar-refractivity contribution >= 4 is 57.0 Å². The maximum absolute atomic E-state index is 11.9. The number of phosphoric acid groups is 1. The number of rotatable bonds is 5. The van der Waals surface area contributed by atoms with Crippen LogP contribution in [0, 0.1) is 0 Å². The van der Waals surface area contributed by atoms with Crippen LogP contribution in [0.1, 0.15) is 5.56 Å². The first-order valence-corrected chi connectivity index (χ1v) is 8.11. The summed E-state index contributed by atoms with van der Waals surface area (Å²) in [6.45, 7) is 0. The van der Waals surface area contributed by atoms with Gasteiger partial charge < -0.3 is 4.52 Å². The molecule has 0 spiro atoms. The Morgan fingerprint density at radius 1 is 1.33 bits per heavy atom. The van der Waals surface area contributed by atoms with Gasteiger partial charge in [0, 0.05) is 34.3 Å². The van der Waals surface area contributed by atoms with Gasteiger partial charge >= 0.3 is 7.82 Å². The largest absolute Gasteiger partial charge is 0.529 e. The number of hydrogen-bond donors (Lipinski definition) is 0. The second-order valence-corrected chi connectivity index (χ2v) is 6.80. The van der Waals surface area contributed by atoms with Crippen molar-refractivity contribution in [1.29, 1.82) is 0 Å². The van der Waals surface area contributed by atoms with Crippen LogP contribution in [0.15, 0.2) is 32.7 Å². The Kier molecular flexibility index (Phi) is 6.38. The van der Waals surface area contributed by atoms with Gasteiger partial charge in [0.25, 0.3) is 0 Å². The number of halogens is 3. The Morgan fingerprint density at radius 3 is 2.39 bits per heavy atom. The van der Waals surface area contributed by atoms with Crippen molar-refractivity contribution in [3.63, 3.8) is 0 Å². The van der Waals surface area contributed by atoms with Gasteiger partial charge in [0.1, 0.15) is 0 Å². The highest BCUT2D eigenvalue weighted by Crippen LogP contribution is 2.52. The molecule has 18 heavy (non-hydrogen) atoms. The van der Waals surface area contributed by atoms with Crippen LogP contribution in [-0.4, -0.2) is 14.2 Å². The molecule has 0 heterocycles. The summed E-state index contributed by atoms with van der Waals surface area (Å²) in [7, 11) is -1.18. The molecule has 0 N–H and O–H groups in total. The third kappa shape index (κ3) is 4.08. The van der Waals surface area contributed by atoms with Gasteiger partial charge in [0.05, 0.1) is 0 Å². The SMILES string of the molecule is COP(=O)(OC)O/C(=C/Cl)c1ccc(Br)cc1Br. The van der Waals surface area contributed by atoms with Crippen LogP contribution in [0.3, 0.4) is 0 Å². The van der Waals surface area contributed by atoms with Crippen molar-refractivity contribution < 1.29 is 18.1 Å². The summed E-state index contributed by atoms with van der Waals surface area (Å²) >= 11 is 12.4. The zero-order valence-corrected chi connectivity index (χ0v) is 14.3. The van der Waals surface area contributed by atoms with E-state index in [1.54, 1.807) is 12.1 Å². The fourth-order valence-electron chi connectivity index (χ4n) is 1.09. The van der Waals surface area contributed by atoms with Crippen LogP contribution in [0.25, 0.3) is 5.76 Å². The fraction of sp³-hybridized carbons (Fsp3) is 0.200. The maximum atomic E-state index is 11.9. The molecule has 0 aliphatic carbocycles. The molecule has 0 amide bonds. The van der Waals surface area contributed by atoms with E-state index in [0.717, 1.165) is 8.95 Å². The summed E-state index contributed by atoms with van der Waals surface area (Å²) in [4.78, 5) is 0. The molecule has 0 atom stereocenters. The van der Waals surface area contributed by atoms with Crippen LogP contribution >= 0.6 is 51.3 Å². The molecule has 0 saturated carbocycles. The van der Waals surface area contributed by atoms with Crippen LogP contribution in [0.2, 0.25) is 0 Å². The number of phosphoric ester groups is 1. The summed E-state index contributed by atoms with van der Waals surface area (Å²) in [6.07, 6.45) is 0. The molecule has 0 bridgehead atoms. The lowest BCUT2D eigenvalue weighted by molar-refractivity contribution is 0.201. The zero-order valence-electron chi connectivity index (χ0n) is 9.52. The van der Waals surface area contributed by atoms with E-state index in [1.165, 1.54) is 19.8 Å². The van der Waals surface area contributed by atoms with Gasteiger partial charge in [0.15, 0.2) is 5.76 Å². The standard InChI is InChI=1S/C10H10Br2ClO4P/c1-15-18(14,16-2)17-10(6-13)8-4-3-7(11)5-9(8)12/h3-6H,1-2H3/b10-6+. The molecule has 8 heteroatoms. The van der Waals surface area contributed by atoms with Gasteiger partial charge in [-0.05, 0) is 34.1 Å². The highest BCUT2D eigenvalue weighted by molar-refractivity contribution is 9.11. The molecule has 0 aliphatic rings. The number of benzene rings is 1. The first kappa shape index (κ1) is 16.2. The molecular weight excluding hydrogens is 410 g/mol. The molecule has 100 valence electrons. The third-order valence-corrected chi connectivity index (χ3v) is 4.62. The van der Waals surface area contributed by atoms with Crippen LogP contribution in [-0.2, 0) is 18.1 Å². The molecular formula is C10H10Br2ClO4P. The lowest BCUT2D eigenvalue weighted by Gasteiger charge is -2.17. The van der Waals surface area contributed by atoms with Crippen molar-refractivity contribution in [1.82, 2.24) is 0 Å². The summed E-state index contributed by atoms with van der Waals surface area (Å²) < 4.78 is 28.1. The molecule has 0 radical (unpaired) electrons. The van der Waals surface area contributed by atoms with E-state index in [-0.39, 0.29) is 5.76 Å². The van der Waals surface area contributed by atoms with E-state index in [0.29, 0.717) is 5.56 Å². The molecule has 1 rings (SSSR count). The molecule has 0 saturated heterocycles. The van der Waals surface area contributed by atoms with Gasteiger partial charge in [0.2, 0.25) is 0 Å².